The molecule has 1 amide bonds. The molecule has 3 rings (SSSR count). The Kier molecular flexibility index (Phi) is 8.63. The van der Waals surface area contributed by atoms with Gasteiger partial charge in [0.2, 0.25) is 10.0 Å². The van der Waals surface area contributed by atoms with Crippen LogP contribution in [0.25, 0.3) is 0 Å². The van der Waals surface area contributed by atoms with E-state index in [9.17, 15) is 18.3 Å². The van der Waals surface area contributed by atoms with Crippen molar-refractivity contribution in [2.45, 2.75) is 32.5 Å². The molecule has 0 aliphatic carbocycles. The topological polar surface area (TPSA) is 108 Å². The van der Waals surface area contributed by atoms with Crippen LogP contribution in [0.1, 0.15) is 29.8 Å². The summed E-state index contributed by atoms with van der Waals surface area (Å²) in [5.74, 6) is 0.861. The van der Waals surface area contributed by atoms with E-state index in [1.165, 1.54) is 6.07 Å². The molecule has 1 aliphatic heterocycles. The smallest absolute Gasteiger partial charge is 0.258 e. The lowest BCUT2D eigenvalue weighted by Crippen LogP contribution is -2.49. The minimum absolute atomic E-state index is 0.0201. The van der Waals surface area contributed by atoms with Crippen LogP contribution in [0.2, 0.25) is 0 Å². The zero-order valence-electron chi connectivity index (χ0n) is 20.9. The van der Waals surface area contributed by atoms with Gasteiger partial charge in [-0.2, -0.15) is 0 Å². The first-order chi connectivity index (χ1) is 16.5. The molecular formula is C25H35N3O6S. The van der Waals surface area contributed by atoms with Gasteiger partial charge in [0.25, 0.3) is 5.91 Å². The zero-order chi connectivity index (χ0) is 25.8. The number of likely N-dealkylation sites (N-methyl/N-ethyl adjacent to an activating group) is 1. The van der Waals surface area contributed by atoms with Gasteiger partial charge in [0, 0.05) is 31.2 Å². The number of fused-ring (bicyclic) bond motifs is 1. The van der Waals surface area contributed by atoms with Crippen molar-refractivity contribution in [2.75, 3.05) is 44.8 Å². The van der Waals surface area contributed by atoms with Crippen LogP contribution in [0.5, 0.6) is 11.5 Å². The van der Waals surface area contributed by atoms with Gasteiger partial charge in [-0.05, 0) is 49.9 Å². The molecule has 1 heterocycles. The third kappa shape index (κ3) is 7.09. The van der Waals surface area contributed by atoms with Crippen LogP contribution >= 0.6 is 0 Å². The van der Waals surface area contributed by atoms with E-state index in [4.69, 9.17) is 9.47 Å². The summed E-state index contributed by atoms with van der Waals surface area (Å²) in [7, 11) is 0.137. The lowest BCUT2D eigenvalue weighted by molar-refractivity contribution is 0.0341. The minimum atomic E-state index is -3.51. The van der Waals surface area contributed by atoms with E-state index < -0.39 is 16.1 Å². The Hall–Kier alpha value is -2.82. The van der Waals surface area contributed by atoms with Crippen molar-refractivity contribution in [3.05, 3.63) is 53.6 Å². The molecule has 0 spiro atoms. The lowest BCUT2D eigenvalue weighted by atomic mass is 9.99. The normalized spacial score (nSPS) is 19.4. The summed E-state index contributed by atoms with van der Waals surface area (Å²) >= 11 is 0. The maximum Gasteiger partial charge on any atom is 0.258 e. The zero-order valence-corrected chi connectivity index (χ0v) is 21.7. The first-order valence-electron chi connectivity index (χ1n) is 11.5. The molecule has 0 fully saturated rings. The molecule has 2 N–H and O–H groups in total. The number of sulfonamides is 1. The van der Waals surface area contributed by atoms with Crippen LogP contribution in [-0.2, 0) is 16.6 Å². The van der Waals surface area contributed by atoms with Crippen molar-refractivity contribution in [1.82, 2.24) is 9.80 Å². The molecule has 0 unspecified atom stereocenters. The summed E-state index contributed by atoms with van der Waals surface area (Å²) in [6, 6.07) is 12.2. The second-order valence-electron chi connectivity index (χ2n) is 9.25. The fraction of sp³-hybridized carbons (Fsp3) is 0.480. The predicted octanol–water partition coefficient (Wildman–Crippen LogP) is 2.42. The van der Waals surface area contributed by atoms with Crippen LogP contribution in [-0.4, -0.2) is 81.5 Å². The average Bonchev–Trinajstić information content (AvgIpc) is 2.80. The fourth-order valence-electron chi connectivity index (χ4n) is 4.13. The number of nitrogens with one attached hydrogen (secondary N) is 1. The number of anilines is 1. The monoisotopic (exact) mass is 505 g/mol. The van der Waals surface area contributed by atoms with Crippen LogP contribution in [0.4, 0.5) is 5.69 Å². The molecule has 1 aliphatic rings. The first-order valence-corrected chi connectivity index (χ1v) is 13.4. The molecular weight excluding hydrogens is 470 g/mol. The van der Waals surface area contributed by atoms with Crippen LogP contribution in [0.15, 0.2) is 42.5 Å². The van der Waals surface area contributed by atoms with Crippen molar-refractivity contribution >= 4 is 21.6 Å². The second-order valence-corrected chi connectivity index (χ2v) is 11.0. The number of rotatable bonds is 9. The maximum absolute atomic E-state index is 13.4. The largest absolute Gasteiger partial charge is 0.497 e. The van der Waals surface area contributed by atoms with E-state index in [-0.39, 0.29) is 35.8 Å². The van der Waals surface area contributed by atoms with Gasteiger partial charge in [-0.1, -0.05) is 19.1 Å². The van der Waals surface area contributed by atoms with Crippen LogP contribution in [0.3, 0.4) is 0 Å². The Labute approximate surface area is 207 Å². The predicted molar refractivity (Wildman–Crippen MR) is 135 cm³/mol. The number of aliphatic hydroxyl groups is 1. The van der Waals surface area contributed by atoms with Gasteiger partial charge in [-0.3, -0.25) is 14.4 Å². The number of hydrogen-bond donors (Lipinski definition) is 2. The molecule has 3 atom stereocenters. The average molecular weight is 506 g/mol. The summed E-state index contributed by atoms with van der Waals surface area (Å²) in [5, 5.41) is 9.79. The molecule has 35 heavy (non-hydrogen) atoms. The SMILES string of the molecule is COc1ccc(CN(C)C[C@H]2Oc3ccc(NS(C)(=O)=O)cc3C(=O)N([C@@H](C)CO)C[C@@H]2C)cc1. The summed E-state index contributed by atoms with van der Waals surface area (Å²) in [6.07, 6.45) is 0.811. The van der Waals surface area contributed by atoms with E-state index >= 15 is 0 Å². The van der Waals surface area contributed by atoms with Crippen molar-refractivity contribution in [3.63, 3.8) is 0 Å². The number of benzene rings is 2. The number of aliphatic hydroxyl groups excluding tert-OH is 1. The highest BCUT2D eigenvalue weighted by molar-refractivity contribution is 7.92. The third-order valence-electron chi connectivity index (χ3n) is 6.07. The van der Waals surface area contributed by atoms with Gasteiger partial charge in [0.1, 0.15) is 17.6 Å². The molecule has 0 saturated heterocycles. The Bertz CT molecular complexity index is 1120. The second kappa shape index (κ2) is 11.3. The van der Waals surface area contributed by atoms with Crippen molar-refractivity contribution in [3.8, 4) is 11.5 Å². The van der Waals surface area contributed by atoms with Gasteiger partial charge in [-0.15, -0.1) is 0 Å². The fourth-order valence-corrected chi connectivity index (χ4v) is 4.69. The number of hydrogen-bond acceptors (Lipinski definition) is 7. The Balaban J connectivity index is 1.88. The summed E-state index contributed by atoms with van der Waals surface area (Å²) < 4.78 is 37.4. The van der Waals surface area contributed by atoms with Gasteiger partial charge in [-0.25, -0.2) is 8.42 Å². The van der Waals surface area contributed by atoms with E-state index in [2.05, 4.69) is 9.62 Å². The van der Waals surface area contributed by atoms with Crippen molar-refractivity contribution < 1.29 is 27.8 Å². The Morgan fingerprint density at radius 3 is 2.54 bits per heavy atom. The number of methoxy groups -OCH3 is 1. The molecule has 10 heteroatoms. The first kappa shape index (κ1) is 26.8. The number of nitrogens with zero attached hydrogens (tertiary/aromatic N) is 2. The van der Waals surface area contributed by atoms with Crippen molar-refractivity contribution in [1.29, 1.82) is 0 Å². The quantitative estimate of drug-likeness (QED) is 0.539. The van der Waals surface area contributed by atoms with Gasteiger partial charge < -0.3 is 19.5 Å². The Morgan fingerprint density at radius 1 is 1.26 bits per heavy atom. The minimum Gasteiger partial charge on any atom is -0.497 e. The van der Waals surface area contributed by atoms with E-state index in [1.807, 2.05) is 38.2 Å². The molecule has 0 aromatic heterocycles. The third-order valence-corrected chi connectivity index (χ3v) is 6.68. The van der Waals surface area contributed by atoms with Gasteiger partial charge in [0.15, 0.2) is 0 Å². The van der Waals surface area contributed by atoms with Gasteiger partial charge in [0.05, 0.1) is 31.6 Å². The number of amides is 1. The summed E-state index contributed by atoms with van der Waals surface area (Å²) in [6.45, 7) is 5.33. The molecule has 0 saturated carbocycles. The molecule has 0 bridgehead atoms. The molecule has 2 aromatic carbocycles. The Morgan fingerprint density at radius 2 is 1.94 bits per heavy atom. The molecule has 0 radical (unpaired) electrons. The molecule has 9 nitrogen and oxygen atoms in total. The van der Waals surface area contributed by atoms with E-state index in [1.54, 1.807) is 31.1 Å². The van der Waals surface area contributed by atoms with E-state index in [0.29, 0.717) is 25.4 Å². The van der Waals surface area contributed by atoms with Crippen LogP contribution < -0.4 is 14.2 Å². The molecule has 2 aromatic rings. The van der Waals surface area contributed by atoms with E-state index in [0.717, 1.165) is 17.6 Å². The standard InChI is InChI=1S/C25H35N3O6S/c1-17-13-28(18(2)16-29)25(30)22-12-20(26-35(5,31)32)8-11-23(22)34-24(17)15-27(3)14-19-6-9-21(33-4)10-7-19/h6-12,17-18,24,26,29H,13-16H2,1-5H3/t17-,18-,24+/m0/s1. The number of ether oxygens (including phenoxy) is 2. The lowest BCUT2D eigenvalue weighted by Gasteiger charge is -2.38. The summed E-state index contributed by atoms with van der Waals surface area (Å²) in [4.78, 5) is 17.2. The maximum atomic E-state index is 13.4. The number of carbonyl (C=O) groups excluding carboxylic acids is 1. The number of carbonyl (C=O) groups is 1. The summed E-state index contributed by atoms with van der Waals surface area (Å²) in [5.41, 5.74) is 1.67. The highest BCUT2D eigenvalue weighted by atomic mass is 32.2. The molecule has 192 valence electrons. The van der Waals surface area contributed by atoms with Gasteiger partial charge >= 0.3 is 0 Å². The van der Waals surface area contributed by atoms with Crippen molar-refractivity contribution in [2.24, 2.45) is 5.92 Å². The van der Waals surface area contributed by atoms with Crippen LogP contribution in [0, 0.1) is 5.92 Å². The highest BCUT2D eigenvalue weighted by Gasteiger charge is 2.33. The highest BCUT2D eigenvalue weighted by Crippen LogP contribution is 2.31.